The number of para-hydroxylation sites is 1. The molecule has 142 valence electrons. The zero-order chi connectivity index (χ0) is 19.1. The van der Waals surface area contributed by atoms with E-state index in [1.54, 1.807) is 6.20 Å². The third kappa shape index (κ3) is 5.04. The maximum atomic E-state index is 9.27. The summed E-state index contributed by atoms with van der Waals surface area (Å²) in [7, 11) is 0. The van der Waals surface area contributed by atoms with Crippen molar-refractivity contribution in [2.75, 3.05) is 17.7 Å². The molecule has 0 saturated heterocycles. The summed E-state index contributed by atoms with van der Waals surface area (Å²) in [6, 6.07) is 12.0. The number of aromatic nitrogens is 3. The first-order valence-electron chi connectivity index (χ1n) is 9.17. The number of benzene rings is 1. The molecule has 1 atom stereocenters. The molecule has 0 radical (unpaired) electrons. The summed E-state index contributed by atoms with van der Waals surface area (Å²) in [5.41, 5.74) is 7.49. The number of nitrogens with one attached hydrogen (secondary N) is 1. The van der Waals surface area contributed by atoms with Gasteiger partial charge in [0.25, 0.3) is 0 Å². The second-order valence-corrected chi connectivity index (χ2v) is 6.37. The van der Waals surface area contributed by atoms with Crippen molar-refractivity contribution in [1.29, 1.82) is 0 Å². The van der Waals surface area contributed by atoms with Crippen LogP contribution in [0.5, 0.6) is 5.75 Å². The topological polar surface area (TPSA) is 106 Å². The summed E-state index contributed by atoms with van der Waals surface area (Å²) in [6.45, 7) is 2.50. The molecule has 0 aliphatic rings. The molecular formula is C20H25N5O2. The first-order valence-corrected chi connectivity index (χ1v) is 9.17. The first-order chi connectivity index (χ1) is 13.2. The highest BCUT2D eigenvalue weighted by atomic mass is 16.5. The van der Waals surface area contributed by atoms with Crippen molar-refractivity contribution < 1.29 is 9.84 Å². The van der Waals surface area contributed by atoms with E-state index in [4.69, 9.17) is 10.5 Å². The average molecular weight is 367 g/mol. The van der Waals surface area contributed by atoms with Crippen LogP contribution in [-0.4, -0.2) is 32.7 Å². The van der Waals surface area contributed by atoms with Gasteiger partial charge >= 0.3 is 0 Å². The molecular weight excluding hydrogens is 342 g/mol. The fourth-order valence-electron chi connectivity index (χ4n) is 2.92. The number of nitrogens with zero attached hydrogens (tertiary/aromatic N) is 3. The third-order valence-corrected chi connectivity index (χ3v) is 4.26. The van der Waals surface area contributed by atoms with Crippen LogP contribution in [0, 0.1) is 0 Å². The van der Waals surface area contributed by atoms with Gasteiger partial charge in [-0.2, -0.15) is 4.98 Å². The number of fused-ring (bicyclic) bond motifs is 1. The molecule has 3 aromatic rings. The molecule has 0 aliphatic heterocycles. The molecule has 1 aromatic carbocycles. The number of rotatable bonds is 9. The van der Waals surface area contributed by atoms with E-state index >= 15 is 0 Å². The molecule has 0 fully saturated rings. The highest BCUT2D eigenvalue weighted by molar-refractivity contribution is 5.78. The second kappa shape index (κ2) is 9.14. The molecule has 27 heavy (non-hydrogen) atoms. The van der Waals surface area contributed by atoms with Crippen LogP contribution in [0.25, 0.3) is 10.9 Å². The fourth-order valence-corrected chi connectivity index (χ4v) is 2.92. The molecule has 7 nitrogen and oxygen atoms in total. The normalized spacial score (nSPS) is 12.1. The standard InChI is InChI=1S/C20H25N5O2/c1-2-5-15(10-11-26)24-19-18(12-22-20(21)25-19)27-13-16-9-8-14-6-3-4-7-17(14)23-16/h3-4,6-9,12,15,26H,2,5,10-11,13H2,1H3,(H3,21,22,24,25)/t15-/m0/s1. The Labute approximate surface area is 158 Å². The van der Waals surface area contributed by atoms with Crippen LogP contribution >= 0.6 is 0 Å². The lowest BCUT2D eigenvalue weighted by Gasteiger charge is -2.19. The number of anilines is 2. The van der Waals surface area contributed by atoms with Gasteiger partial charge in [-0.05, 0) is 25.0 Å². The number of aliphatic hydroxyl groups excluding tert-OH is 1. The monoisotopic (exact) mass is 367 g/mol. The lowest BCUT2D eigenvalue weighted by molar-refractivity contribution is 0.275. The summed E-state index contributed by atoms with van der Waals surface area (Å²) < 4.78 is 5.92. The number of nitrogens with two attached hydrogens (primary N) is 1. The Morgan fingerprint density at radius 3 is 2.81 bits per heavy atom. The highest BCUT2D eigenvalue weighted by Crippen LogP contribution is 2.25. The molecule has 0 spiro atoms. The van der Waals surface area contributed by atoms with E-state index in [-0.39, 0.29) is 18.6 Å². The van der Waals surface area contributed by atoms with Crippen molar-refractivity contribution in [3.05, 3.63) is 48.3 Å². The summed E-state index contributed by atoms with van der Waals surface area (Å²) >= 11 is 0. The average Bonchev–Trinajstić information content (AvgIpc) is 2.67. The molecule has 0 bridgehead atoms. The van der Waals surface area contributed by atoms with Gasteiger partial charge in [-0.15, -0.1) is 0 Å². The Morgan fingerprint density at radius 1 is 1.15 bits per heavy atom. The van der Waals surface area contributed by atoms with Crippen LogP contribution in [0.1, 0.15) is 31.9 Å². The molecule has 2 aromatic heterocycles. The summed E-state index contributed by atoms with van der Waals surface area (Å²) in [5.74, 6) is 1.22. The van der Waals surface area contributed by atoms with Crippen LogP contribution < -0.4 is 15.8 Å². The van der Waals surface area contributed by atoms with Gasteiger partial charge in [-0.1, -0.05) is 37.6 Å². The summed E-state index contributed by atoms with van der Waals surface area (Å²) in [6.07, 6.45) is 4.10. The van der Waals surface area contributed by atoms with Gasteiger partial charge in [-0.3, -0.25) is 0 Å². The fraction of sp³-hybridized carbons (Fsp3) is 0.350. The van der Waals surface area contributed by atoms with Crippen molar-refractivity contribution in [1.82, 2.24) is 15.0 Å². The maximum absolute atomic E-state index is 9.27. The van der Waals surface area contributed by atoms with Crippen molar-refractivity contribution >= 4 is 22.7 Å². The lowest BCUT2D eigenvalue weighted by atomic mass is 10.1. The molecule has 0 amide bonds. The Bertz CT molecular complexity index is 881. The van der Waals surface area contributed by atoms with Crippen molar-refractivity contribution in [3.8, 4) is 5.75 Å². The molecule has 0 aliphatic carbocycles. The van der Waals surface area contributed by atoms with Crippen LogP contribution in [0.15, 0.2) is 42.6 Å². The zero-order valence-corrected chi connectivity index (χ0v) is 15.4. The van der Waals surface area contributed by atoms with Crippen molar-refractivity contribution in [3.63, 3.8) is 0 Å². The van der Waals surface area contributed by atoms with Crippen LogP contribution in [0.2, 0.25) is 0 Å². The van der Waals surface area contributed by atoms with E-state index in [2.05, 4.69) is 27.2 Å². The van der Waals surface area contributed by atoms with Crippen LogP contribution in [-0.2, 0) is 6.61 Å². The lowest BCUT2D eigenvalue weighted by Crippen LogP contribution is -2.22. The quantitative estimate of drug-likeness (QED) is 0.533. The number of aliphatic hydroxyl groups is 1. The van der Waals surface area contributed by atoms with Gasteiger partial charge in [0.1, 0.15) is 6.61 Å². The summed E-state index contributed by atoms with van der Waals surface area (Å²) in [4.78, 5) is 12.9. The smallest absolute Gasteiger partial charge is 0.222 e. The number of hydrogen-bond donors (Lipinski definition) is 3. The largest absolute Gasteiger partial charge is 0.482 e. The zero-order valence-electron chi connectivity index (χ0n) is 15.4. The Balaban J connectivity index is 1.75. The highest BCUT2D eigenvalue weighted by Gasteiger charge is 2.14. The number of pyridine rings is 1. The van der Waals surface area contributed by atoms with E-state index in [1.165, 1.54) is 0 Å². The molecule has 0 unspecified atom stereocenters. The predicted octanol–water partition coefficient (Wildman–Crippen LogP) is 3.15. The van der Waals surface area contributed by atoms with Crippen molar-refractivity contribution in [2.24, 2.45) is 0 Å². The van der Waals surface area contributed by atoms with Gasteiger partial charge in [0.15, 0.2) is 11.6 Å². The van der Waals surface area contributed by atoms with Gasteiger partial charge in [0, 0.05) is 18.0 Å². The number of ether oxygens (including phenoxy) is 1. The van der Waals surface area contributed by atoms with Gasteiger partial charge in [-0.25, -0.2) is 9.97 Å². The van der Waals surface area contributed by atoms with E-state index in [9.17, 15) is 5.11 Å². The van der Waals surface area contributed by atoms with E-state index in [0.717, 1.165) is 29.4 Å². The van der Waals surface area contributed by atoms with Crippen LogP contribution in [0.3, 0.4) is 0 Å². The van der Waals surface area contributed by atoms with Gasteiger partial charge < -0.3 is 20.9 Å². The Morgan fingerprint density at radius 2 is 2.00 bits per heavy atom. The molecule has 3 rings (SSSR count). The molecule has 2 heterocycles. The van der Waals surface area contributed by atoms with E-state index in [1.807, 2.05) is 36.4 Å². The minimum absolute atomic E-state index is 0.0930. The summed E-state index contributed by atoms with van der Waals surface area (Å²) in [5, 5.41) is 13.7. The van der Waals surface area contributed by atoms with Gasteiger partial charge in [0.05, 0.1) is 17.4 Å². The van der Waals surface area contributed by atoms with E-state index < -0.39 is 0 Å². The second-order valence-electron chi connectivity index (χ2n) is 6.37. The SMILES string of the molecule is CCC[C@@H](CCO)Nc1nc(N)ncc1OCc1ccc2ccccc2n1. The maximum Gasteiger partial charge on any atom is 0.222 e. The van der Waals surface area contributed by atoms with Gasteiger partial charge in [0.2, 0.25) is 5.95 Å². The predicted molar refractivity (Wildman–Crippen MR) is 107 cm³/mol. The molecule has 0 saturated carbocycles. The molecule has 7 heteroatoms. The first kappa shape index (κ1) is 18.8. The number of nitrogen functional groups attached to an aromatic ring is 1. The van der Waals surface area contributed by atoms with E-state index in [0.29, 0.717) is 24.6 Å². The number of hydrogen-bond acceptors (Lipinski definition) is 7. The minimum Gasteiger partial charge on any atom is -0.482 e. The Kier molecular flexibility index (Phi) is 6.38. The molecule has 4 N–H and O–H groups in total. The van der Waals surface area contributed by atoms with Crippen molar-refractivity contribution in [2.45, 2.75) is 38.8 Å². The van der Waals surface area contributed by atoms with Crippen LogP contribution in [0.4, 0.5) is 11.8 Å². The third-order valence-electron chi connectivity index (χ3n) is 4.26. The Hall–Kier alpha value is -2.93. The minimum atomic E-state index is 0.0930.